The number of carbonyl (C=O) groups is 2. The Kier molecular flexibility index (Phi) is 11.0. The number of esters is 1. The van der Waals surface area contributed by atoms with Crippen molar-refractivity contribution in [1.82, 2.24) is 15.1 Å². The molecule has 3 unspecified atom stereocenters. The molecule has 0 aliphatic carbocycles. The number of aryl methyl sites for hydroxylation is 2. The maximum Gasteiger partial charge on any atom is 0.416 e. The van der Waals surface area contributed by atoms with Gasteiger partial charge in [-0.05, 0) is 75.9 Å². The Balaban J connectivity index is 1.58. The van der Waals surface area contributed by atoms with Gasteiger partial charge in [-0.2, -0.15) is 26.3 Å². The lowest BCUT2D eigenvalue weighted by molar-refractivity contribution is -0.171. The number of hydrogen-bond donors (Lipinski definition) is 1. The summed E-state index contributed by atoms with van der Waals surface area (Å²) in [6, 6.07) is 5.54. The molecule has 1 amide bonds. The van der Waals surface area contributed by atoms with Crippen LogP contribution >= 0.6 is 0 Å². The fraction of sp³-hybridized carbons (Fsp3) is 0.529. The molecule has 1 N–H and O–H groups in total. The Morgan fingerprint density at radius 2 is 1.62 bits per heavy atom. The van der Waals surface area contributed by atoms with Crippen molar-refractivity contribution in [3.05, 3.63) is 69.8 Å². The van der Waals surface area contributed by atoms with Crippen LogP contribution in [0.3, 0.4) is 0 Å². The molecule has 47 heavy (non-hydrogen) atoms. The van der Waals surface area contributed by atoms with Crippen molar-refractivity contribution in [3.63, 3.8) is 0 Å². The van der Waals surface area contributed by atoms with Crippen molar-refractivity contribution < 1.29 is 45.4 Å². The smallest absolute Gasteiger partial charge is 0.416 e. The fourth-order valence-electron chi connectivity index (χ4n) is 5.51. The molecule has 2 aromatic carbocycles. The molecule has 2 aromatic rings. The maximum absolute atomic E-state index is 13.7. The van der Waals surface area contributed by atoms with Gasteiger partial charge in [0.15, 0.2) is 6.10 Å². The van der Waals surface area contributed by atoms with E-state index in [4.69, 9.17) is 9.47 Å². The van der Waals surface area contributed by atoms with E-state index in [1.165, 1.54) is 4.90 Å². The first-order chi connectivity index (χ1) is 21.8. The summed E-state index contributed by atoms with van der Waals surface area (Å²) in [5, 5.41) is 3.16. The number of hydrogen-bond acceptors (Lipinski definition) is 6. The van der Waals surface area contributed by atoms with Crippen molar-refractivity contribution in [2.24, 2.45) is 0 Å². The van der Waals surface area contributed by atoms with Crippen LogP contribution in [0.25, 0.3) is 0 Å². The first-order valence-corrected chi connectivity index (χ1v) is 15.3. The summed E-state index contributed by atoms with van der Waals surface area (Å²) < 4.78 is 92.5. The molecule has 7 nitrogen and oxygen atoms in total. The third-order valence-electron chi connectivity index (χ3n) is 7.97. The van der Waals surface area contributed by atoms with E-state index in [0.717, 1.165) is 16.7 Å². The molecule has 2 fully saturated rings. The molecule has 0 bridgehead atoms. The van der Waals surface area contributed by atoms with Crippen molar-refractivity contribution in [1.29, 1.82) is 0 Å². The molecule has 2 aliphatic rings. The van der Waals surface area contributed by atoms with Gasteiger partial charge in [0.2, 0.25) is 0 Å². The van der Waals surface area contributed by atoms with E-state index in [-0.39, 0.29) is 32.2 Å². The molecule has 2 aliphatic heterocycles. The Morgan fingerprint density at radius 1 is 0.957 bits per heavy atom. The molecule has 0 spiro atoms. The van der Waals surface area contributed by atoms with Gasteiger partial charge in [-0.1, -0.05) is 30.0 Å². The minimum atomic E-state index is -5.08. The average molecular weight is 668 g/mol. The number of alkyl halides is 6. The van der Waals surface area contributed by atoms with Gasteiger partial charge >= 0.3 is 18.3 Å². The number of ether oxygens (including phenoxy) is 2. The number of piperazine rings is 1. The number of morpholine rings is 1. The van der Waals surface area contributed by atoms with E-state index in [9.17, 15) is 35.9 Å². The summed E-state index contributed by atoms with van der Waals surface area (Å²) in [4.78, 5) is 29.7. The minimum absolute atomic E-state index is 0.0134. The van der Waals surface area contributed by atoms with Gasteiger partial charge in [0.1, 0.15) is 11.6 Å². The molecule has 13 heteroatoms. The molecular formula is C34H39F6N3O4. The zero-order valence-corrected chi connectivity index (χ0v) is 26.9. The van der Waals surface area contributed by atoms with E-state index in [1.807, 2.05) is 36.9 Å². The van der Waals surface area contributed by atoms with E-state index in [0.29, 0.717) is 31.7 Å². The fourth-order valence-corrected chi connectivity index (χ4v) is 5.51. The molecule has 0 aromatic heterocycles. The highest BCUT2D eigenvalue weighted by molar-refractivity contribution is 5.95. The average Bonchev–Trinajstić information content (AvgIpc) is 2.97. The Labute approximate surface area is 270 Å². The molecular weight excluding hydrogens is 628 g/mol. The highest BCUT2D eigenvalue weighted by Gasteiger charge is 2.39. The second-order valence-electron chi connectivity index (χ2n) is 12.9. The number of nitrogens with zero attached hydrogens (tertiary/aromatic N) is 2. The summed E-state index contributed by atoms with van der Waals surface area (Å²) in [6.07, 6.45) is -10.8. The van der Waals surface area contributed by atoms with Gasteiger partial charge in [0, 0.05) is 37.8 Å². The molecule has 256 valence electrons. The van der Waals surface area contributed by atoms with Crippen molar-refractivity contribution >= 4 is 11.9 Å². The molecule has 2 saturated heterocycles. The van der Waals surface area contributed by atoms with Crippen LogP contribution in [0, 0.1) is 25.7 Å². The molecule has 4 rings (SSSR count). The summed E-state index contributed by atoms with van der Waals surface area (Å²) >= 11 is 0. The van der Waals surface area contributed by atoms with Crippen molar-refractivity contribution in [2.45, 2.75) is 77.2 Å². The third-order valence-corrected chi connectivity index (χ3v) is 7.97. The Hall–Kier alpha value is -3.60. The quantitative estimate of drug-likeness (QED) is 0.261. The van der Waals surface area contributed by atoms with Crippen LogP contribution in [-0.2, 0) is 33.0 Å². The number of amides is 1. The van der Waals surface area contributed by atoms with Crippen molar-refractivity contribution in [3.8, 4) is 11.8 Å². The largest absolute Gasteiger partial charge is 0.458 e. The third kappa shape index (κ3) is 9.72. The van der Waals surface area contributed by atoms with Crippen LogP contribution in [0.2, 0.25) is 0 Å². The Morgan fingerprint density at radius 3 is 2.21 bits per heavy atom. The van der Waals surface area contributed by atoms with Crippen LogP contribution in [0.15, 0.2) is 36.4 Å². The predicted molar refractivity (Wildman–Crippen MR) is 162 cm³/mol. The van der Waals surface area contributed by atoms with Gasteiger partial charge in [-0.25, -0.2) is 4.79 Å². The summed E-state index contributed by atoms with van der Waals surface area (Å²) in [6.45, 7) is 10.8. The molecule has 3 atom stereocenters. The summed E-state index contributed by atoms with van der Waals surface area (Å²) in [5.41, 5.74) is -1.54. The zero-order chi connectivity index (χ0) is 34.7. The van der Waals surface area contributed by atoms with Crippen molar-refractivity contribution in [2.75, 3.05) is 39.3 Å². The standard InChI is InChI=1S/C34H39F6N3O4/c1-21-8-9-23(15-22(21)2)16-27-20-42(11-6-7-28-29(46-14-10-41-28)31(45)47-32(3,4)5)12-13-43(27)30(44)24-17-25(33(35,36)37)19-26(18-24)34(38,39)40/h8-9,15,17-19,27-29,41H,10-14,16,20H2,1-5H3. The second kappa shape index (κ2) is 14.3. The molecule has 0 saturated carbocycles. The normalized spacial score (nSPS) is 21.2. The lowest BCUT2D eigenvalue weighted by atomic mass is 9.97. The van der Waals surface area contributed by atoms with Crippen LogP contribution in [-0.4, -0.2) is 84.8 Å². The van der Waals surface area contributed by atoms with E-state index >= 15 is 0 Å². The highest BCUT2D eigenvalue weighted by atomic mass is 19.4. The van der Waals surface area contributed by atoms with E-state index in [1.54, 1.807) is 20.8 Å². The van der Waals surface area contributed by atoms with Crippen LogP contribution in [0.1, 0.15) is 58.9 Å². The second-order valence-corrected chi connectivity index (χ2v) is 12.9. The van der Waals surface area contributed by atoms with E-state index in [2.05, 4.69) is 17.2 Å². The lowest BCUT2D eigenvalue weighted by Crippen LogP contribution is -2.56. The highest BCUT2D eigenvalue weighted by Crippen LogP contribution is 2.37. The van der Waals surface area contributed by atoms with E-state index < -0.39 is 64.7 Å². The number of halogens is 6. The van der Waals surface area contributed by atoms with Gasteiger partial charge in [-0.3, -0.25) is 15.0 Å². The summed E-state index contributed by atoms with van der Waals surface area (Å²) in [5.74, 6) is 4.67. The predicted octanol–water partition coefficient (Wildman–Crippen LogP) is 5.41. The SMILES string of the molecule is Cc1ccc(CC2CN(CC#CC3NCCOC3C(=O)OC(C)(C)C)CCN2C(=O)c2cc(C(F)(F)F)cc(C(F)(F)F)c2)cc1C. The number of carbonyl (C=O) groups excluding carboxylic acids is 2. The van der Waals surface area contributed by atoms with Crippen LogP contribution in [0.4, 0.5) is 26.3 Å². The topological polar surface area (TPSA) is 71.1 Å². The van der Waals surface area contributed by atoms with Crippen LogP contribution < -0.4 is 5.32 Å². The van der Waals surface area contributed by atoms with Gasteiger partial charge < -0.3 is 14.4 Å². The monoisotopic (exact) mass is 667 g/mol. The number of nitrogens with one attached hydrogen (secondary N) is 1. The lowest BCUT2D eigenvalue weighted by Gasteiger charge is -2.41. The van der Waals surface area contributed by atoms with Gasteiger partial charge in [-0.15, -0.1) is 0 Å². The van der Waals surface area contributed by atoms with Gasteiger partial charge in [0.25, 0.3) is 5.91 Å². The maximum atomic E-state index is 13.7. The molecule has 2 heterocycles. The first-order valence-electron chi connectivity index (χ1n) is 15.3. The molecule has 0 radical (unpaired) electrons. The zero-order valence-electron chi connectivity index (χ0n) is 26.9. The number of rotatable bonds is 5. The number of benzene rings is 2. The Bertz CT molecular complexity index is 1490. The first kappa shape index (κ1) is 36.2. The van der Waals surface area contributed by atoms with Crippen LogP contribution in [0.5, 0.6) is 0 Å². The summed E-state index contributed by atoms with van der Waals surface area (Å²) in [7, 11) is 0. The van der Waals surface area contributed by atoms with Gasteiger partial charge in [0.05, 0.1) is 24.3 Å². The minimum Gasteiger partial charge on any atom is -0.458 e.